The van der Waals surface area contributed by atoms with Crippen molar-refractivity contribution in [3.8, 4) is 0 Å². The first kappa shape index (κ1) is 17.5. The predicted molar refractivity (Wildman–Crippen MR) is 98.8 cm³/mol. The van der Waals surface area contributed by atoms with Crippen LogP contribution in [0.5, 0.6) is 0 Å². The smallest absolute Gasteiger partial charge is 0.323 e. The molecule has 0 radical (unpaired) electrons. The van der Waals surface area contributed by atoms with Crippen LogP contribution in [0.4, 0.5) is 0 Å². The third kappa shape index (κ3) is 2.08. The van der Waals surface area contributed by atoms with Crippen molar-refractivity contribution in [2.24, 2.45) is 28.9 Å². The van der Waals surface area contributed by atoms with Crippen molar-refractivity contribution in [1.29, 1.82) is 0 Å². The normalized spacial score (nSPS) is 50.3. The molecule has 1 amide bonds. The predicted octanol–water partition coefficient (Wildman–Crippen LogP) is 1.06. The summed E-state index contributed by atoms with van der Waals surface area (Å²) in [6.45, 7) is 2.95. The number of primary amides is 1. The summed E-state index contributed by atoms with van der Waals surface area (Å²) in [6.07, 6.45) is 5.51. The number of rotatable bonds is 3. The number of halogens is 1. The van der Waals surface area contributed by atoms with Gasteiger partial charge < -0.3 is 10.5 Å². The van der Waals surface area contributed by atoms with Gasteiger partial charge in [0.2, 0.25) is 5.91 Å². The van der Waals surface area contributed by atoms with Crippen molar-refractivity contribution in [1.82, 2.24) is 4.90 Å². The third-order valence-corrected chi connectivity index (χ3v) is 8.89. The van der Waals surface area contributed by atoms with Gasteiger partial charge in [0, 0.05) is 22.1 Å². The van der Waals surface area contributed by atoms with E-state index in [4.69, 9.17) is 10.5 Å². The number of methoxy groups -OCH3 is 1. The standard InChI is InChI=1S/C18H23IN2O4/c1-9-5-11-14-15(23)17(16(24)25-2,4-3-13(20)22)10-7-18(11,19)12(6-9)21(14)8-10/h3-4,9-12,14H,5-8H2,1-2H3,(H2,20,22)/b4-3+/t9-,10-,11+,12+,14-,17-,18+/m1/s1. The van der Waals surface area contributed by atoms with Crippen LogP contribution in [-0.2, 0) is 19.1 Å². The Balaban J connectivity index is 1.85. The lowest BCUT2D eigenvalue weighted by Gasteiger charge is -2.52. The van der Waals surface area contributed by atoms with Gasteiger partial charge in [-0.3, -0.25) is 19.3 Å². The fourth-order valence-electron chi connectivity index (χ4n) is 6.02. The van der Waals surface area contributed by atoms with Gasteiger partial charge in [-0.1, -0.05) is 35.6 Å². The fraction of sp³-hybridized carbons (Fsp3) is 0.722. The zero-order valence-electron chi connectivity index (χ0n) is 14.4. The van der Waals surface area contributed by atoms with Gasteiger partial charge in [-0.05, 0) is 37.0 Å². The highest BCUT2D eigenvalue weighted by Gasteiger charge is 2.74. The SMILES string of the molecule is COC(=O)[C@@]1(/C=C/C(N)=O)C(=O)[C@H]2[C@@H]3C[C@@H](C)C[C@@H]4N2C[C@H]1C[C@@]43I. The molecular formula is C18H23IN2O4. The quantitative estimate of drug-likeness (QED) is 0.225. The molecule has 2 N–H and O–H groups in total. The molecule has 3 aliphatic heterocycles. The third-order valence-electron chi connectivity index (χ3n) is 6.94. The molecule has 0 spiro atoms. The largest absolute Gasteiger partial charge is 0.468 e. The van der Waals surface area contributed by atoms with Gasteiger partial charge in [-0.25, -0.2) is 0 Å². The van der Waals surface area contributed by atoms with Gasteiger partial charge in [0.15, 0.2) is 11.2 Å². The van der Waals surface area contributed by atoms with Crippen molar-refractivity contribution in [3.05, 3.63) is 12.2 Å². The number of esters is 1. The molecule has 4 aliphatic rings. The van der Waals surface area contributed by atoms with Crippen LogP contribution in [0.2, 0.25) is 0 Å². The van der Waals surface area contributed by atoms with E-state index < -0.39 is 17.3 Å². The minimum Gasteiger partial charge on any atom is -0.468 e. The second-order valence-electron chi connectivity index (χ2n) is 8.13. The van der Waals surface area contributed by atoms with Crippen molar-refractivity contribution >= 4 is 40.3 Å². The highest BCUT2D eigenvalue weighted by Crippen LogP contribution is 2.65. The number of ether oxygens (including phenoxy) is 1. The highest BCUT2D eigenvalue weighted by molar-refractivity contribution is 14.1. The molecular weight excluding hydrogens is 435 g/mol. The van der Waals surface area contributed by atoms with Crippen molar-refractivity contribution in [2.75, 3.05) is 13.7 Å². The van der Waals surface area contributed by atoms with Crippen LogP contribution in [0.15, 0.2) is 12.2 Å². The molecule has 25 heavy (non-hydrogen) atoms. The minimum absolute atomic E-state index is 0.0177. The van der Waals surface area contributed by atoms with Gasteiger partial charge in [0.1, 0.15) is 0 Å². The van der Waals surface area contributed by atoms with Crippen LogP contribution in [0.3, 0.4) is 0 Å². The van der Waals surface area contributed by atoms with Crippen LogP contribution in [0, 0.1) is 23.2 Å². The first-order valence-corrected chi connectivity index (χ1v) is 9.89. The van der Waals surface area contributed by atoms with E-state index in [0.717, 1.165) is 25.3 Å². The summed E-state index contributed by atoms with van der Waals surface area (Å²) >= 11 is 2.56. The number of carbonyl (C=O) groups excluding carboxylic acids is 3. The Morgan fingerprint density at radius 3 is 2.76 bits per heavy atom. The number of Topliss-reactive ketones (excluding diaryl/α,β-unsaturated/α-hetero) is 1. The maximum atomic E-state index is 13.6. The van der Waals surface area contributed by atoms with Crippen LogP contribution in [-0.4, -0.2) is 51.7 Å². The summed E-state index contributed by atoms with van der Waals surface area (Å²) < 4.78 is 5.05. The maximum absolute atomic E-state index is 13.6. The van der Waals surface area contributed by atoms with E-state index in [-0.39, 0.29) is 27.1 Å². The second-order valence-corrected chi connectivity index (χ2v) is 10.1. The van der Waals surface area contributed by atoms with E-state index in [2.05, 4.69) is 34.4 Å². The summed E-state index contributed by atoms with van der Waals surface area (Å²) in [5, 5.41) is 0. The molecule has 0 aromatic heterocycles. The molecule has 0 aromatic carbocycles. The number of amides is 1. The second kappa shape index (κ2) is 5.52. The molecule has 1 unspecified atom stereocenters. The highest BCUT2D eigenvalue weighted by atomic mass is 127. The van der Waals surface area contributed by atoms with Crippen LogP contribution in [0.25, 0.3) is 0 Å². The molecule has 4 fully saturated rings. The van der Waals surface area contributed by atoms with E-state index >= 15 is 0 Å². The Labute approximate surface area is 160 Å². The van der Waals surface area contributed by atoms with E-state index in [1.54, 1.807) is 0 Å². The number of fused-ring (bicyclic) bond motifs is 2. The van der Waals surface area contributed by atoms with E-state index in [9.17, 15) is 14.4 Å². The van der Waals surface area contributed by atoms with Gasteiger partial charge in [0.25, 0.3) is 0 Å². The minimum atomic E-state index is -1.38. The molecule has 5 bridgehead atoms. The number of hydrogen-bond acceptors (Lipinski definition) is 5. The zero-order valence-corrected chi connectivity index (χ0v) is 16.6. The number of nitrogens with zero attached hydrogens (tertiary/aromatic N) is 1. The van der Waals surface area contributed by atoms with Gasteiger partial charge in [-0.2, -0.15) is 0 Å². The molecule has 136 valence electrons. The van der Waals surface area contributed by atoms with Gasteiger partial charge in [-0.15, -0.1) is 0 Å². The van der Waals surface area contributed by atoms with Crippen LogP contribution >= 0.6 is 22.6 Å². The van der Waals surface area contributed by atoms with Gasteiger partial charge in [0.05, 0.1) is 13.2 Å². The molecule has 7 heteroatoms. The Hall–Kier alpha value is -0.960. The molecule has 3 heterocycles. The average molecular weight is 458 g/mol. The molecule has 3 saturated heterocycles. The maximum Gasteiger partial charge on any atom is 0.323 e. The van der Waals surface area contributed by atoms with E-state index in [1.165, 1.54) is 13.2 Å². The molecule has 1 aliphatic carbocycles. The summed E-state index contributed by atoms with van der Waals surface area (Å²) in [6, 6.07) is 0.144. The number of ketones is 1. The summed E-state index contributed by atoms with van der Waals surface area (Å²) in [5.74, 6) is -0.651. The molecule has 1 saturated carbocycles. The Morgan fingerprint density at radius 1 is 1.40 bits per heavy atom. The number of nitrogens with two attached hydrogens (primary N) is 1. The van der Waals surface area contributed by atoms with E-state index in [1.807, 2.05) is 0 Å². The average Bonchev–Trinajstić information content (AvgIpc) is 2.69. The fourth-order valence-corrected chi connectivity index (χ4v) is 7.76. The summed E-state index contributed by atoms with van der Waals surface area (Å²) in [7, 11) is 1.30. The summed E-state index contributed by atoms with van der Waals surface area (Å²) in [5.41, 5.74) is 3.88. The van der Waals surface area contributed by atoms with Gasteiger partial charge >= 0.3 is 5.97 Å². The number of hydrogen-bond donors (Lipinski definition) is 1. The van der Waals surface area contributed by atoms with Crippen molar-refractivity contribution in [3.63, 3.8) is 0 Å². The van der Waals surface area contributed by atoms with E-state index in [0.29, 0.717) is 18.5 Å². The van der Waals surface area contributed by atoms with Crippen LogP contribution in [0.1, 0.15) is 26.2 Å². The Bertz CT molecular complexity index is 695. The number of carbonyl (C=O) groups is 3. The Kier molecular flexibility index (Phi) is 3.85. The number of piperidine rings is 2. The number of alkyl halides is 1. The van der Waals surface area contributed by atoms with Crippen molar-refractivity contribution < 1.29 is 19.1 Å². The topological polar surface area (TPSA) is 89.7 Å². The first-order chi connectivity index (χ1) is 11.8. The molecule has 6 nitrogen and oxygen atoms in total. The monoisotopic (exact) mass is 458 g/mol. The summed E-state index contributed by atoms with van der Waals surface area (Å²) in [4.78, 5) is 40.0. The van der Waals surface area contributed by atoms with Crippen molar-refractivity contribution in [2.45, 2.75) is 41.7 Å². The first-order valence-electron chi connectivity index (χ1n) is 8.81. The lowest BCUT2D eigenvalue weighted by atomic mass is 9.64. The lowest BCUT2D eigenvalue weighted by Crippen LogP contribution is -2.64. The molecule has 0 aromatic rings. The molecule has 4 rings (SSSR count). The lowest BCUT2D eigenvalue weighted by molar-refractivity contribution is -0.165. The molecule has 8 atom stereocenters. The van der Waals surface area contributed by atoms with Crippen LogP contribution < -0.4 is 5.73 Å². The zero-order chi connectivity index (χ0) is 18.1. The Morgan fingerprint density at radius 2 is 2.12 bits per heavy atom.